The Morgan fingerprint density at radius 3 is 2.79 bits per heavy atom. The maximum absolute atomic E-state index is 14.1. The maximum Gasteiger partial charge on any atom is 0.261 e. The second-order valence-electron chi connectivity index (χ2n) is 7.16. The summed E-state index contributed by atoms with van der Waals surface area (Å²) in [5, 5.41) is 3.51. The third kappa shape index (κ3) is 3.72. The molecule has 0 radical (unpaired) electrons. The fourth-order valence-electron chi connectivity index (χ4n) is 3.51. The molecule has 1 saturated heterocycles. The van der Waals surface area contributed by atoms with Crippen molar-refractivity contribution in [1.29, 1.82) is 0 Å². The molecule has 1 aromatic carbocycles. The maximum atomic E-state index is 14.1. The van der Waals surface area contributed by atoms with Gasteiger partial charge in [0, 0.05) is 49.0 Å². The summed E-state index contributed by atoms with van der Waals surface area (Å²) in [5.41, 5.74) is 1.70. The fourth-order valence-corrected chi connectivity index (χ4v) is 4.65. The van der Waals surface area contributed by atoms with Gasteiger partial charge in [-0.3, -0.25) is 4.79 Å². The number of hydrogen-bond acceptors (Lipinski definition) is 5. The first-order valence-electron chi connectivity index (χ1n) is 9.37. The Balaban J connectivity index is 1.46. The van der Waals surface area contributed by atoms with Gasteiger partial charge in [-0.05, 0) is 49.4 Å². The zero-order chi connectivity index (χ0) is 19.7. The molecule has 1 amide bonds. The van der Waals surface area contributed by atoms with E-state index in [0.29, 0.717) is 22.4 Å². The number of carbonyl (C=O) groups excluding carboxylic acids is 1. The van der Waals surface area contributed by atoms with Crippen LogP contribution in [-0.2, 0) is 6.54 Å². The molecule has 3 heterocycles. The van der Waals surface area contributed by atoms with E-state index in [-0.39, 0.29) is 11.7 Å². The van der Waals surface area contributed by atoms with Gasteiger partial charge >= 0.3 is 0 Å². The number of benzene rings is 1. The average molecular weight is 399 g/mol. The molecule has 4 rings (SSSR count). The summed E-state index contributed by atoms with van der Waals surface area (Å²) in [5.74, 6) is 0.493. The van der Waals surface area contributed by atoms with Crippen LogP contribution in [0.15, 0.2) is 36.5 Å². The van der Waals surface area contributed by atoms with Gasteiger partial charge in [-0.15, -0.1) is 11.3 Å². The Kier molecular flexibility index (Phi) is 5.28. The van der Waals surface area contributed by atoms with Crippen LogP contribution >= 0.6 is 11.3 Å². The molecule has 2 aromatic heterocycles. The molecule has 1 fully saturated rings. The van der Waals surface area contributed by atoms with Crippen LogP contribution in [0.5, 0.6) is 0 Å². The van der Waals surface area contributed by atoms with E-state index in [1.54, 1.807) is 19.2 Å². The number of halogens is 1. The summed E-state index contributed by atoms with van der Waals surface area (Å²) >= 11 is 1.33. The molecule has 3 aromatic rings. The van der Waals surface area contributed by atoms with Crippen molar-refractivity contribution >= 4 is 33.1 Å². The van der Waals surface area contributed by atoms with Crippen molar-refractivity contribution in [2.75, 3.05) is 38.1 Å². The number of pyridine rings is 1. The van der Waals surface area contributed by atoms with Gasteiger partial charge < -0.3 is 15.1 Å². The second kappa shape index (κ2) is 7.85. The highest BCUT2D eigenvalue weighted by Gasteiger charge is 2.18. The van der Waals surface area contributed by atoms with Crippen LogP contribution in [0.4, 0.5) is 10.2 Å². The van der Waals surface area contributed by atoms with Crippen LogP contribution < -0.4 is 10.2 Å². The molecular weight excluding hydrogens is 375 g/mol. The highest BCUT2D eigenvalue weighted by atomic mass is 32.1. The minimum Gasteiger partial charge on any atom is -0.354 e. The van der Waals surface area contributed by atoms with Gasteiger partial charge in [0.05, 0.1) is 4.88 Å². The number of fused-ring (bicyclic) bond motifs is 1. The Morgan fingerprint density at radius 1 is 1.25 bits per heavy atom. The Bertz CT molecular complexity index is 1010. The predicted molar refractivity (Wildman–Crippen MR) is 112 cm³/mol. The summed E-state index contributed by atoms with van der Waals surface area (Å²) in [4.78, 5) is 22.3. The van der Waals surface area contributed by atoms with Gasteiger partial charge in [0.1, 0.15) is 11.6 Å². The molecule has 1 N–H and O–H groups in total. The van der Waals surface area contributed by atoms with E-state index < -0.39 is 0 Å². The van der Waals surface area contributed by atoms with Crippen LogP contribution in [0.2, 0.25) is 0 Å². The summed E-state index contributed by atoms with van der Waals surface area (Å²) in [6.45, 7) is 6.15. The largest absolute Gasteiger partial charge is 0.354 e. The lowest BCUT2D eigenvalue weighted by Gasteiger charge is -2.33. The zero-order valence-electron chi connectivity index (χ0n) is 16.0. The number of nitrogens with one attached hydrogen (secondary N) is 1. The molecular formula is C21H23FN4OS. The minimum atomic E-state index is -0.281. The Morgan fingerprint density at radius 2 is 2.04 bits per heavy atom. The molecule has 1 aliphatic heterocycles. The average Bonchev–Trinajstić information content (AvgIpc) is 3.05. The SMILES string of the molecule is Cc1c(C(=O)NCc2ccnc(N3CCN(C)CC3)c2)sc2cccc(F)c12. The summed E-state index contributed by atoms with van der Waals surface area (Å²) in [7, 11) is 2.12. The van der Waals surface area contributed by atoms with Crippen LogP contribution in [0.3, 0.4) is 0 Å². The van der Waals surface area contributed by atoms with Crippen LogP contribution in [0.1, 0.15) is 20.8 Å². The standard InChI is InChI=1S/C21H23FN4OS/c1-14-19-16(22)4-3-5-17(19)28-20(14)21(27)24-13-15-6-7-23-18(12-15)26-10-8-25(2)9-11-26/h3-7,12H,8-11,13H2,1-2H3,(H,24,27). The van der Waals surface area contributed by atoms with Gasteiger partial charge in [0.15, 0.2) is 0 Å². The van der Waals surface area contributed by atoms with Crippen molar-refractivity contribution in [3.8, 4) is 0 Å². The van der Waals surface area contributed by atoms with E-state index in [2.05, 4.69) is 27.1 Å². The number of piperazine rings is 1. The first-order valence-corrected chi connectivity index (χ1v) is 10.2. The number of rotatable bonds is 4. The van der Waals surface area contributed by atoms with E-state index in [1.807, 2.05) is 18.2 Å². The van der Waals surface area contributed by atoms with Gasteiger partial charge in [-0.25, -0.2) is 9.37 Å². The third-order valence-electron chi connectivity index (χ3n) is 5.20. The molecule has 5 nitrogen and oxygen atoms in total. The van der Waals surface area contributed by atoms with Gasteiger partial charge in [-0.2, -0.15) is 0 Å². The van der Waals surface area contributed by atoms with Crippen molar-refractivity contribution in [3.05, 3.63) is 58.3 Å². The highest BCUT2D eigenvalue weighted by Crippen LogP contribution is 2.32. The molecule has 0 spiro atoms. The van der Waals surface area contributed by atoms with Crippen molar-refractivity contribution in [2.45, 2.75) is 13.5 Å². The van der Waals surface area contributed by atoms with Crippen molar-refractivity contribution < 1.29 is 9.18 Å². The van der Waals surface area contributed by atoms with Crippen LogP contribution in [0, 0.1) is 12.7 Å². The molecule has 28 heavy (non-hydrogen) atoms. The molecule has 7 heteroatoms. The van der Waals surface area contributed by atoms with E-state index in [4.69, 9.17) is 0 Å². The normalized spacial score (nSPS) is 15.2. The first kappa shape index (κ1) is 18.8. The number of amides is 1. The van der Waals surface area contributed by atoms with Gasteiger partial charge in [0.2, 0.25) is 0 Å². The molecule has 0 bridgehead atoms. The first-order chi connectivity index (χ1) is 13.5. The number of hydrogen-bond donors (Lipinski definition) is 1. The van der Waals surface area contributed by atoms with E-state index >= 15 is 0 Å². The number of anilines is 1. The minimum absolute atomic E-state index is 0.170. The molecule has 0 aliphatic carbocycles. The number of likely N-dealkylation sites (N-methyl/N-ethyl adjacent to an activating group) is 1. The molecule has 0 atom stereocenters. The van der Waals surface area contributed by atoms with Crippen molar-refractivity contribution in [1.82, 2.24) is 15.2 Å². The van der Waals surface area contributed by atoms with Gasteiger partial charge in [0.25, 0.3) is 5.91 Å². The lowest BCUT2D eigenvalue weighted by atomic mass is 10.1. The number of carbonyl (C=O) groups is 1. The lowest BCUT2D eigenvalue weighted by Crippen LogP contribution is -2.44. The summed E-state index contributed by atoms with van der Waals surface area (Å²) in [6.07, 6.45) is 1.79. The smallest absolute Gasteiger partial charge is 0.261 e. The Labute approximate surface area is 167 Å². The van der Waals surface area contributed by atoms with Crippen LogP contribution in [-0.4, -0.2) is 49.0 Å². The molecule has 0 saturated carbocycles. The molecule has 0 unspecified atom stereocenters. The van der Waals surface area contributed by atoms with Crippen molar-refractivity contribution in [2.24, 2.45) is 0 Å². The Hall–Kier alpha value is -2.51. The third-order valence-corrected chi connectivity index (χ3v) is 6.46. The van der Waals surface area contributed by atoms with E-state index in [1.165, 1.54) is 17.4 Å². The highest BCUT2D eigenvalue weighted by molar-refractivity contribution is 7.21. The molecule has 146 valence electrons. The van der Waals surface area contributed by atoms with Crippen LogP contribution in [0.25, 0.3) is 10.1 Å². The van der Waals surface area contributed by atoms with Gasteiger partial charge in [-0.1, -0.05) is 6.07 Å². The summed E-state index contributed by atoms with van der Waals surface area (Å²) < 4.78 is 14.9. The van der Waals surface area contributed by atoms with E-state index in [0.717, 1.165) is 42.3 Å². The van der Waals surface area contributed by atoms with E-state index in [9.17, 15) is 9.18 Å². The number of nitrogens with zero attached hydrogens (tertiary/aromatic N) is 3. The van der Waals surface area contributed by atoms with Crippen molar-refractivity contribution in [3.63, 3.8) is 0 Å². The zero-order valence-corrected chi connectivity index (χ0v) is 16.9. The molecule has 1 aliphatic rings. The monoisotopic (exact) mass is 398 g/mol. The fraction of sp³-hybridized carbons (Fsp3) is 0.333. The quantitative estimate of drug-likeness (QED) is 0.732. The predicted octanol–water partition coefficient (Wildman–Crippen LogP) is 3.43. The topological polar surface area (TPSA) is 48.5 Å². The lowest BCUT2D eigenvalue weighted by molar-refractivity contribution is 0.0954. The number of aromatic nitrogens is 1. The summed E-state index contributed by atoms with van der Waals surface area (Å²) in [6, 6.07) is 8.89. The second-order valence-corrected chi connectivity index (χ2v) is 8.22. The number of aryl methyl sites for hydroxylation is 1. The number of thiophene rings is 1.